The first-order valence-electron chi connectivity index (χ1n) is 13.7. The average Bonchev–Trinajstić information content (AvgIpc) is 3.53. The lowest BCUT2D eigenvalue weighted by atomic mass is 9.77. The molecule has 8 heteroatoms. The molecular formula is C29H39N7O. The molecule has 2 saturated carbocycles. The molecule has 2 aliphatic carbocycles. The van der Waals surface area contributed by atoms with Crippen LogP contribution < -0.4 is 11.1 Å². The van der Waals surface area contributed by atoms with E-state index in [1.54, 1.807) is 0 Å². The molecule has 1 aromatic carbocycles. The van der Waals surface area contributed by atoms with Crippen molar-refractivity contribution in [1.82, 2.24) is 29.8 Å². The van der Waals surface area contributed by atoms with E-state index in [9.17, 15) is 5.11 Å². The highest BCUT2D eigenvalue weighted by atomic mass is 16.3. The summed E-state index contributed by atoms with van der Waals surface area (Å²) in [5, 5.41) is 15.4. The third-order valence-corrected chi connectivity index (χ3v) is 8.66. The number of aliphatic hydroxyl groups excluding tert-OH is 1. The van der Waals surface area contributed by atoms with Crippen LogP contribution in [0.25, 0.3) is 22.1 Å². The number of nitrogens with two attached hydrogens (primary N) is 1. The predicted octanol–water partition coefficient (Wildman–Crippen LogP) is 4.50. The molecule has 37 heavy (non-hydrogen) atoms. The molecule has 0 aliphatic heterocycles. The first-order valence-corrected chi connectivity index (χ1v) is 13.7. The third-order valence-electron chi connectivity index (χ3n) is 8.66. The fourth-order valence-corrected chi connectivity index (χ4v) is 6.25. The number of aryl methyl sites for hydroxylation is 1. The normalized spacial score (nSPS) is 26.2. The van der Waals surface area contributed by atoms with Crippen molar-refractivity contribution >= 4 is 27.9 Å². The number of nitrogens with one attached hydrogen (secondary N) is 2. The Morgan fingerprint density at radius 3 is 2.78 bits per heavy atom. The number of nitrogens with zero attached hydrogens (tertiary/aromatic N) is 4. The van der Waals surface area contributed by atoms with Gasteiger partial charge in [0.05, 0.1) is 22.5 Å². The molecule has 2 fully saturated rings. The second kappa shape index (κ2) is 9.40. The Hall–Kier alpha value is -2.97. The summed E-state index contributed by atoms with van der Waals surface area (Å²) in [7, 11) is 0. The number of aliphatic hydroxyl groups is 1. The zero-order valence-electron chi connectivity index (χ0n) is 22.1. The van der Waals surface area contributed by atoms with E-state index in [1.807, 2.05) is 12.3 Å². The van der Waals surface area contributed by atoms with Crippen LogP contribution in [0.2, 0.25) is 0 Å². The van der Waals surface area contributed by atoms with Crippen molar-refractivity contribution in [2.75, 3.05) is 12.3 Å². The number of imidazole rings is 1. The van der Waals surface area contributed by atoms with Gasteiger partial charge in [-0.1, -0.05) is 26.8 Å². The first-order chi connectivity index (χ1) is 17.7. The molecule has 4 aromatic rings. The van der Waals surface area contributed by atoms with Crippen molar-refractivity contribution in [2.45, 2.75) is 82.9 Å². The number of fused-ring (bicyclic) bond motifs is 2. The van der Waals surface area contributed by atoms with E-state index in [0.29, 0.717) is 11.9 Å². The van der Waals surface area contributed by atoms with Gasteiger partial charge in [0.2, 0.25) is 0 Å². The summed E-state index contributed by atoms with van der Waals surface area (Å²) in [4.78, 5) is 16.9. The number of hydrogen-bond acceptors (Lipinski definition) is 6. The van der Waals surface area contributed by atoms with Crippen LogP contribution in [0.4, 0.5) is 5.82 Å². The van der Waals surface area contributed by atoms with Crippen LogP contribution in [-0.2, 0) is 11.8 Å². The molecule has 2 aliphatic rings. The lowest BCUT2D eigenvalue weighted by Gasteiger charge is -2.37. The average molecular weight is 502 g/mol. The quantitative estimate of drug-likeness (QED) is 0.296. The molecular weight excluding hydrogens is 462 g/mol. The molecule has 0 spiro atoms. The zero-order chi connectivity index (χ0) is 25.7. The fourth-order valence-electron chi connectivity index (χ4n) is 6.25. The van der Waals surface area contributed by atoms with E-state index in [2.05, 4.69) is 63.8 Å². The number of aromatic nitrogens is 5. The molecule has 0 bridgehead atoms. The summed E-state index contributed by atoms with van der Waals surface area (Å²) in [5.74, 6) is 2.61. The highest BCUT2D eigenvalue weighted by Crippen LogP contribution is 2.38. The number of rotatable bonds is 7. The molecule has 0 radical (unpaired) electrons. The van der Waals surface area contributed by atoms with Crippen LogP contribution in [-0.4, -0.2) is 48.3 Å². The number of aromatic amines is 1. The van der Waals surface area contributed by atoms with E-state index < -0.39 is 0 Å². The van der Waals surface area contributed by atoms with Crippen LogP contribution in [0.1, 0.15) is 70.3 Å². The second-order valence-corrected chi connectivity index (χ2v) is 12.3. The van der Waals surface area contributed by atoms with Gasteiger partial charge in [-0.05, 0) is 73.1 Å². The van der Waals surface area contributed by atoms with E-state index in [4.69, 9.17) is 10.7 Å². The van der Waals surface area contributed by atoms with Crippen molar-refractivity contribution in [1.29, 1.82) is 0 Å². The summed E-state index contributed by atoms with van der Waals surface area (Å²) in [6, 6.07) is 9.37. The summed E-state index contributed by atoms with van der Waals surface area (Å²) >= 11 is 0. The molecule has 196 valence electrons. The Balaban J connectivity index is 0.965. The fraction of sp³-hybridized carbons (Fsp3) is 0.552. The molecule has 3 atom stereocenters. The van der Waals surface area contributed by atoms with Gasteiger partial charge in [0.25, 0.3) is 0 Å². The summed E-state index contributed by atoms with van der Waals surface area (Å²) in [6.45, 7) is 7.60. The van der Waals surface area contributed by atoms with Crippen molar-refractivity contribution in [3.05, 3.63) is 48.2 Å². The summed E-state index contributed by atoms with van der Waals surface area (Å²) in [6.07, 6.45) is 9.54. The van der Waals surface area contributed by atoms with Crippen molar-refractivity contribution < 1.29 is 5.11 Å². The first kappa shape index (κ1) is 24.4. The topological polar surface area (TPSA) is 118 Å². The highest BCUT2D eigenvalue weighted by Gasteiger charge is 2.36. The second-order valence-electron chi connectivity index (χ2n) is 12.3. The minimum Gasteiger partial charge on any atom is -0.393 e. The van der Waals surface area contributed by atoms with Crippen molar-refractivity contribution in [3.63, 3.8) is 0 Å². The molecule has 3 aromatic heterocycles. The summed E-state index contributed by atoms with van der Waals surface area (Å²) in [5.41, 5.74) is 10.5. The van der Waals surface area contributed by atoms with Gasteiger partial charge in [-0.25, -0.2) is 15.0 Å². The van der Waals surface area contributed by atoms with Gasteiger partial charge in [0, 0.05) is 31.2 Å². The molecule has 3 heterocycles. The van der Waals surface area contributed by atoms with Gasteiger partial charge in [0.15, 0.2) is 0 Å². The Labute approximate surface area is 218 Å². The van der Waals surface area contributed by atoms with Crippen LogP contribution in [0.3, 0.4) is 0 Å². The minimum atomic E-state index is -0.295. The lowest BCUT2D eigenvalue weighted by molar-refractivity contribution is 0.120. The van der Waals surface area contributed by atoms with Gasteiger partial charge in [-0.3, -0.25) is 0 Å². The number of anilines is 1. The maximum atomic E-state index is 10.8. The highest BCUT2D eigenvalue weighted by molar-refractivity contribution is 5.86. The number of H-pyrrole nitrogens is 1. The van der Waals surface area contributed by atoms with E-state index in [-0.39, 0.29) is 23.5 Å². The Bertz CT molecular complexity index is 1390. The molecule has 8 nitrogen and oxygen atoms in total. The van der Waals surface area contributed by atoms with E-state index >= 15 is 0 Å². The molecule has 0 unspecified atom stereocenters. The largest absolute Gasteiger partial charge is 0.393 e. The van der Waals surface area contributed by atoms with Crippen LogP contribution in [0.5, 0.6) is 0 Å². The molecule has 0 saturated heterocycles. The monoisotopic (exact) mass is 501 g/mol. The zero-order valence-corrected chi connectivity index (χ0v) is 22.1. The van der Waals surface area contributed by atoms with E-state index in [1.165, 1.54) is 31.2 Å². The summed E-state index contributed by atoms with van der Waals surface area (Å²) < 4.78 is 2.16. The molecule has 0 amide bonds. The van der Waals surface area contributed by atoms with Gasteiger partial charge in [-0.15, -0.1) is 0 Å². The van der Waals surface area contributed by atoms with Crippen LogP contribution in [0, 0.1) is 11.8 Å². The van der Waals surface area contributed by atoms with Crippen molar-refractivity contribution in [3.8, 4) is 0 Å². The smallest absolute Gasteiger partial charge is 0.145 e. The van der Waals surface area contributed by atoms with Gasteiger partial charge in [0.1, 0.15) is 23.6 Å². The minimum absolute atomic E-state index is 0.142. The Morgan fingerprint density at radius 2 is 1.97 bits per heavy atom. The maximum absolute atomic E-state index is 10.8. The van der Waals surface area contributed by atoms with Gasteiger partial charge < -0.3 is 25.7 Å². The van der Waals surface area contributed by atoms with E-state index in [0.717, 1.165) is 59.6 Å². The Kier molecular flexibility index (Phi) is 6.19. The van der Waals surface area contributed by atoms with Crippen molar-refractivity contribution in [2.24, 2.45) is 11.8 Å². The lowest BCUT2D eigenvalue weighted by Crippen LogP contribution is -2.44. The predicted molar refractivity (Wildman–Crippen MR) is 147 cm³/mol. The third kappa shape index (κ3) is 4.84. The van der Waals surface area contributed by atoms with Crippen LogP contribution >= 0.6 is 0 Å². The Morgan fingerprint density at radius 1 is 1.14 bits per heavy atom. The van der Waals surface area contributed by atoms with Gasteiger partial charge in [-0.2, -0.15) is 0 Å². The van der Waals surface area contributed by atoms with Gasteiger partial charge >= 0.3 is 0 Å². The molecule has 6 rings (SSSR count). The SMILES string of the molecule is CC(C)(C)c1ccc2nc(CCC3CC(NC[C@H]4C[C@@H](n5ccc6c(N)ncnc65)C[C@@H]4O)C3)[nH]c2c1. The number of nitrogen functional groups attached to an aromatic ring is 1. The molecule has 5 N–H and O–H groups in total. The number of hydrogen-bond donors (Lipinski definition) is 4. The standard InChI is InChI=1S/C29H39N7O/c1-29(2,3)19-5-6-23-24(13-19)35-26(34-23)7-4-17-10-20(11-17)31-15-18-12-21(14-25(18)37)36-9-8-22-27(30)32-16-33-28(22)36/h5-6,8-9,13,16-18,20-21,25,31,37H,4,7,10-12,14-15H2,1-3H3,(H,34,35)(H2,30,32,33)/t17?,18-,20?,21-,25+/m1/s1. The maximum Gasteiger partial charge on any atom is 0.145 e. The number of benzene rings is 1. The van der Waals surface area contributed by atoms with Crippen LogP contribution in [0.15, 0.2) is 36.8 Å².